The molecule has 0 bridgehead atoms. The lowest BCUT2D eigenvalue weighted by Crippen LogP contribution is -2.30. The molecule has 0 radical (unpaired) electrons. The maximum Gasteiger partial charge on any atom is 0.294 e. The summed E-state index contributed by atoms with van der Waals surface area (Å²) < 4.78 is 0. The lowest BCUT2D eigenvalue weighted by atomic mass is 10.1. The Bertz CT molecular complexity index is 1120. The van der Waals surface area contributed by atoms with Gasteiger partial charge in [-0.3, -0.25) is 9.69 Å². The fourth-order valence-corrected chi connectivity index (χ4v) is 4.82. The zero-order valence-electron chi connectivity index (χ0n) is 14.9. The molecule has 29 heavy (non-hydrogen) atoms. The minimum absolute atomic E-state index is 0.310. The van der Waals surface area contributed by atoms with Crippen LogP contribution < -0.4 is 4.90 Å². The molecule has 3 aromatic carbocycles. The van der Waals surface area contributed by atoms with E-state index in [4.69, 9.17) is 34.8 Å². The normalized spacial score (nSPS) is 16.6. The molecule has 0 fully saturated rings. The Labute approximate surface area is 187 Å². The van der Waals surface area contributed by atoms with Crippen LogP contribution in [0.15, 0.2) is 88.4 Å². The Morgan fingerprint density at radius 1 is 0.862 bits per heavy atom. The van der Waals surface area contributed by atoms with Crippen molar-refractivity contribution < 1.29 is 9.90 Å². The second-order valence-corrected chi connectivity index (χ2v) is 8.72. The van der Waals surface area contributed by atoms with Crippen molar-refractivity contribution in [1.82, 2.24) is 0 Å². The minimum atomic E-state index is -0.542. The van der Waals surface area contributed by atoms with Crippen molar-refractivity contribution in [3.63, 3.8) is 0 Å². The standard InChI is InChI=1S/C22H14Cl3NO2S/c23-14-10-8-13(9-11-14)19-21(29-18-7-2-1-6-17(18)25)20(27)22(28)26(19)16-5-3-4-15(24)12-16/h1-12,19,27H. The van der Waals surface area contributed by atoms with Crippen LogP contribution in [0.4, 0.5) is 5.69 Å². The molecule has 1 heterocycles. The van der Waals surface area contributed by atoms with Crippen LogP contribution in [0.3, 0.4) is 0 Å². The lowest BCUT2D eigenvalue weighted by Gasteiger charge is -2.27. The minimum Gasteiger partial charge on any atom is -0.502 e. The number of aliphatic hydroxyl groups is 1. The summed E-state index contributed by atoms with van der Waals surface area (Å²) in [6.45, 7) is 0. The zero-order valence-corrected chi connectivity index (χ0v) is 17.9. The van der Waals surface area contributed by atoms with Crippen LogP contribution in [-0.4, -0.2) is 11.0 Å². The molecule has 0 saturated heterocycles. The molecule has 1 aliphatic heterocycles. The van der Waals surface area contributed by atoms with Gasteiger partial charge in [-0.2, -0.15) is 0 Å². The van der Waals surface area contributed by atoms with Gasteiger partial charge < -0.3 is 5.11 Å². The number of thioether (sulfide) groups is 1. The van der Waals surface area contributed by atoms with Crippen LogP contribution >= 0.6 is 46.6 Å². The van der Waals surface area contributed by atoms with E-state index in [-0.39, 0.29) is 5.76 Å². The first kappa shape index (κ1) is 20.2. The summed E-state index contributed by atoms with van der Waals surface area (Å²) >= 11 is 19.8. The molecular formula is C22H14Cl3NO2S. The first-order valence-electron chi connectivity index (χ1n) is 8.66. The molecular weight excluding hydrogens is 449 g/mol. The number of carbonyl (C=O) groups excluding carboxylic acids is 1. The molecule has 0 aliphatic carbocycles. The summed E-state index contributed by atoms with van der Waals surface area (Å²) in [7, 11) is 0. The number of carbonyl (C=O) groups is 1. The monoisotopic (exact) mass is 461 g/mol. The highest BCUT2D eigenvalue weighted by Gasteiger charge is 2.42. The predicted octanol–water partition coefficient (Wildman–Crippen LogP) is 7.30. The van der Waals surface area contributed by atoms with E-state index < -0.39 is 11.9 Å². The van der Waals surface area contributed by atoms with Gasteiger partial charge in [0.05, 0.1) is 16.0 Å². The molecule has 3 aromatic rings. The summed E-state index contributed by atoms with van der Waals surface area (Å²) in [5, 5.41) is 12.4. The maximum absolute atomic E-state index is 13.1. The molecule has 0 saturated carbocycles. The molecule has 1 unspecified atom stereocenters. The van der Waals surface area contributed by atoms with E-state index in [2.05, 4.69) is 0 Å². The predicted molar refractivity (Wildman–Crippen MR) is 120 cm³/mol. The van der Waals surface area contributed by atoms with Gasteiger partial charge in [-0.15, -0.1) is 0 Å². The summed E-state index contributed by atoms with van der Waals surface area (Å²) in [6.07, 6.45) is 0. The summed E-state index contributed by atoms with van der Waals surface area (Å²) in [6, 6.07) is 20.9. The van der Waals surface area contributed by atoms with E-state index in [9.17, 15) is 9.90 Å². The molecule has 3 nitrogen and oxygen atoms in total. The third-order valence-corrected chi connectivity index (χ3v) is 6.63. The maximum atomic E-state index is 13.1. The highest BCUT2D eigenvalue weighted by molar-refractivity contribution is 8.03. The Balaban J connectivity index is 1.84. The Kier molecular flexibility index (Phi) is 5.79. The average molecular weight is 463 g/mol. The number of rotatable bonds is 4. The van der Waals surface area contributed by atoms with Gasteiger partial charge in [-0.05, 0) is 48.0 Å². The quantitative estimate of drug-likeness (QED) is 0.442. The van der Waals surface area contributed by atoms with Crippen LogP contribution in [0.25, 0.3) is 0 Å². The highest BCUT2D eigenvalue weighted by Crippen LogP contribution is 2.49. The fraction of sp³-hybridized carbons (Fsp3) is 0.0455. The van der Waals surface area contributed by atoms with E-state index >= 15 is 0 Å². The largest absolute Gasteiger partial charge is 0.502 e. The smallest absolute Gasteiger partial charge is 0.294 e. The van der Waals surface area contributed by atoms with Gasteiger partial charge in [0.15, 0.2) is 5.76 Å². The zero-order chi connectivity index (χ0) is 20.5. The van der Waals surface area contributed by atoms with Crippen molar-refractivity contribution in [2.24, 2.45) is 0 Å². The molecule has 1 N–H and O–H groups in total. The lowest BCUT2D eigenvalue weighted by molar-refractivity contribution is -0.117. The van der Waals surface area contributed by atoms with Gasteiger partial charge in [0.25, 0.3) is 5.91 Å². The van der Waals surface area contributed by atoms with Crippen molar-refractivity contribution in [3.05, 3.63) is 104 Å². The van der Waals surface area contributed by atoms with E-state index in [0.29, 0.717) is 25.7 Å². The molecule has 4 rings (SSSR count). The average Bonchev–Trinajstić information content (AvgIpc) is 2.95. The van der Waals surface area contributed by atoms with Crippen molar-refractivity contribution in [1.29, 1.82) is 0 Å². The molecule has 0 spiro atoms. The second-order valence-electron chi connectivity index (χ2n) is 6.35. The van der Waals surface area contributed by atoms with E-state index in [0.717, 1.165) is 10.5 Å². The number of aliphatic hydroxyl groups excluding tert-OH is 1. The number of hydrogen-bond acceptors (Lipinski definition) is 3. The van der Waals surface area contributed by atoms with E-state index in [1.54, 1.807) is 42.5 Å². The molecule has 1 amide bonds. The number of nitrogens with zero attached hydrogens (tertiary/aromatic N) is 1. The van der Waals surface area contributed by atoms with E-state index in [1.165, 1.54) is 16.7 Å². The van der Waals surface area contributed by atoms with Crippen molar-refractivity contribution in [2.45, 2.75) is 10.9 Å². The van der Waals surface area contributed by atoms with Gasteiger partial charge in [0.2, 0.25) is 0 Å². The number of hydrogen-bond donors (Lipinski definition) is 1. The van der Waals surface area contributed by atoms with Gasteiger partial charge >= 0.3 is 0 Å². The number of amides is 1. The molecule has 146 valence electrons. The fourth-order valence-electron chi connectivity index (χ4n) is 3.17. The molecule has 1 atom stereocenters. The molecule has 1 aliphatic rings. The van der Waals surface area contributed by atoms with Crippen LogP contribution in [-0.2, 0) is 4.79 Å². The SMILES string of the molecule is O=C1C(O)=C(Sc2ccccc2Cl)C(c2ccc(Cl)cc2)N1c1cccc(Cl)c1. The van der Waals surface area contributed by atoms with Crippen LogP contribution in [0.2, 0.25) is 15.1 Å². The Hall–Kier alpha value is -2.11. The first-order valence-corrected chi connectivity index (χ1v) is 10.6. The van der Waals surface area contributed by atoms with Gasteiger partial charge in [0.1, 0.15) is 0 Å². The third kappa shape index (κ3) is 3.99. The molecule has 0 aromatic heterocycles. The van der Waals surface area contributed by atoms with Gasteiger partial charge in [0, 0.05) is 20.6 Å². The summed E-state index contributed by atoms with van der Waals surface area (Å²) in [4.78, 5) is 15.8. The van der Waals surface area contributed by atoms with Crippen molar-refractivity contribution in [3.8, 4) is 0 Å². The topological polar surface area (TPSA) is 40.5 Å². The molecule has 7 heteroatoms. The number of halogens is 3. The number of benzene rings is 3. The van der Waals surface area contributed by atoms with Crippen molar-refractivity contribution >= 4 is 58.2 Å². The third-order valence-electron chi connectivity index (χ3n) is 4.49. The Morgan fingerprint density at radius 3 is 2.28 bits per heavy atom. The van der Waals surface area contributed by atoms with Gasteiger partial charge in [-0.1, -0.05) is 76.9 Å². The van der Waals surface area contributed by atoms with Crippen molar-refractivity contribution in [2.75, 3.05) is 4.90 Å². The summed E-state index contributed by atoms with van der Waals surface area (Å²) in [5.41, 5.74) is 1.39. The second kappa shape index (κ2) is 8.33. The number of anilines is 1. The van der Waals surface area contributed by atoms with Crippen LogP contribution in [0.5, 0.6) is 0 Å². The van der Waals surface area contributed by atoms with Gasteiger partial charge in [-0.25, -0.2) is 0 Å². The van der Waals surface area contributed by atoms with Crippen LogP contribution in [0.1, 0.15) is 11.6 Å². The summed E-state index contributed by atoms with van der Waals surface area (Å²) in [5.74, 6) is -0.809. The first-order chi connectivity index (χ1) is 14.0. The van der Waals surface area contributed by atoms with E-state index in [1.807, 2.05) is 30.3 Å². The highest BCUT2D eigenvalue weighted by atomic mass is 35.5. The Morgan fingerprint density at radius 2 is 1.59 bits per heavy atom. The van der Waals surface area contributed by atoms with Crippen LogP contribution in [0, 0.1) is 0 Å².